The van der Waals surface area contributed by atoms with Crippen LogP contribution in [0.1, 0.15) is 36.1 Å². The van der Waals surface area contributed by atoms with Crippen LogP contribution in [-0.4, -0.2) is 0 Å². The standard InChI is InChI=1S/C46H40N2/c1-5-33-13-9-17-39(29-33)47(37-15-7-11-31(3)27-37)43-25-21-35-20-24-42-44(26-22-36-19-23-41(43)45(35)46(36)42)48(38-16-8-12-32(4)28-38)40-18-10-14-34(6-2)30-40/h7-30H,5-6H2,1-4H3. The van der Waals surface area contributed by atoms with Crippen LogP contribution in [0.4, 0.5) is 34.1 Å². The van der Waals surface area contributed by atoms with E-state index in [-0.39, 0.29) is 0 Å². The minimum Gasteiger partial charge on any atom is -0.310 e. The highest BCUT2D eigenvalue weighted by Gasteiger charge is 2.22. The summed E-state index contributed by atoms with van der Waals surface area (Å²) < 4.78 is 0. The monoisotopic (exact) mass is 620 g/mol. The summed E-state index contributed by atoms with van der Waals surface area (Å²) in [6, 6.07) is 54.2. The van der Waals surface area contributed by atoms with Gasteiger partial charge in [-0.2, -0.15) is 0 Å². The van der Waals surface area contributed by atoms with E-state index in [0.29, 0.717) is 0 Å². The van der Waals surface area contributed by atoms with Gasteiger partial charge in [-0.3, -0.25) is 0 Å². The Labute approximate surface area is 283 Å². The highest BCUT2D eigenvalue weighted by atomic mass is 15.1. The van der Waals surface area contributed by atoms with Crippen molar-refractivity contribution in [3.8, 4) is 0 Å². The van der Waals surface area contributed by atoms with E-state index in [2.05, 4.69) is 183 Å². The number of aryl methyl sites for hydroxylation is 4. The molecule has 0 atom stereocenters. The molecule has 0 aliphatic rings. The van der Waals surface area contributed by atoms with Gasteiger partial charge in [0.2, 0.25) is 0 Å². The van der Waals surface area contributed by atoms with Gasteiger partial charge >= 0.3 is 0 Å². The van der Waals surface area contributed by atoms with Crippen molar-refractivity contribution in [2.24, 2.45) is 0 Å². The minimum atomic E-state index is 0.995. The molecule has 0 unspecified atom stereocenters. The zero-order valence-electron chi connectivity index (χ0n) is 28.2. The number of hydrogen-bond acceptors (Lipinski definition) is 2. The maximum Gasteiger partial charge on any atom is 0.0540 e. The van der Waals surface area contributed by atoms with Crippen molar-refractivity contribution in [2.45, 2.75) is 40.5 Å². The summed E-state index contributed by atoms with van der Waals surface area (Å²) in [5, 5.41) is 7.62. The summed E-state index contributed by atoms with van der Waals surface area (Å²) in [5.74, 6) is 0. The van der Waals surface area contributed by atoms with E-state index >= 15 is 0 Å². The van der Waals surface area contributed by atoms with Gasteiger partial charge in [-0.15, -0.1) is 0 Å². The quantitative estimate of drug-likeness (QED) is 0.156. The molecule has 2 nitrogen and oxygen atoms in total. The Kier molecular flexibility index (Phi) is 7.57. The summed E-state index contributed by atoms with van der Waals surface area (Å²) in [5.41, 5.74) is 12.2. The molecule has 48 heavy (non-hydrogen) atoms. The Morgan fingerprint density at radius 2 is 0.771 bits per heavy atom. The normalized spacial score (nSPS) is 11.5. The maximum absolute atomic E-state index is 2.44. The lowest BCUT2D eigenvalue weighted by Crippen LogP contribution is -2.12. The van der Waals surface area contributed by atoms with E-state index in [0.717, 1.165) is 12.8 Å². The van der Waals surface area contributed by atoms with Crippen LogP contribution in [0, 0.1) is 13.8 Å². The molecule has 0 saturated heterocycles. The second kappa shape index (κ2) is 12.2. The van der Waals surface area contributed by atoms with Gasteiger partial charge < -0.3 is 9.80 Å². The molecule has 8 aromatic carbocycles. The molecule has 8 rings (SSSR count). The van der Waals surface area contributed by atoms with Crippen LogP contribution in [-0.2, 0) is 12.8 Å². The molecule has 2 heteroatoms. The number of anilines is 6. The molecule has 0 aliphatic carbocycles. The van der Waals surface area contributed by atoms with Gasteiger partial charge in [0.05, 0.1) is 11.4 Å². The average molecular weight is 621 g/mol. The second-order valence-electron chi connectivity index (χ2n) is 13.0. The Bertz CT molecular complexity index is 2250. The van der Waals surface area contributed by atoms with Crippen molar-refractivity contribution in [3.63, 3.8) is 0 Å². The third kappa shape index (κ3) is 5.15. The van der Waals surface area contributed by atoms with Crippen LogP contribution in [0.2, 0.25) is 0 Å². The zero-order valence-corrected chi connectivity index (χ0v) is 28.2. The molecule has 0 aromatic heterocycles. The van der Waals surface area contributed by atoms with Crippen molar-refractivity contribution in [2.75, 3.05) is 9.80 Å². The molecule has 0 spiro atoms. The van der Waals surface area contributed by atoms with Gasteiger partial charge in [0, 0.05) is 33.5 Å². The summed E-state index contributed by atoms with van der Waals surface area (Å²) >= 11 is 0. The fourth-order valence-electron chi connectivity index (χ4n) is 7.38. The van der Waals surface area contributed by atoms with E-state index in [9.17, 15) is 0 Å². The molecule has 234 valence electrons. The van der Waals surface area contributed by atoms with Crippen LogP contribution >= 0.6 is 0 Å². The zero-order chi connectivity index (χ0) is 32.8. The molecule has 0 radical (unpaired) electrons. The van der Waals surface area contributed by atoms with E-state index < -0.39 is 0 Å². The minimum absolute atomic E-state index is 0.995. The lowest BCUT2D eigenvalue weighted by Gasteiger charge is -2.30. The summed E-state index contributed by atoms with van der Waals surface area (Å²) in [4.78, 5) is 4.88. The Hall–Kier alpha value is -5.60. The van der Waals surface area contributed by atoms with E-state index in [4.69, 9.17) is 0 Å². The van der Waals surface area contributed by atoms with Crippen molar-refractivity contribution in [1.29, 1.82) is 0 Å². The summed E-state index contributed by atoms with van der Waals surface area (Å²) in [6.07, 6.45) is 1.99. The number of rotatable bonds is 8. The van der Waals surface area contributed by atoms with Gasteiger partial charge in [0.15, 0.2) is 0 Å². The van der Waals surface area contributed by atoms with Crippen molar-refractivity contribution >= 4 is 66.4 Å². The predicted molar refractivity (Wildman–Crippen MR) is 208 cm³/mol. The highest BCUT2D eigenvalue weighted by Crippen LogP contribution is 2.47. The Balaban J connectivity index is 1.41. The fourth-order valence-corrected chi connectivity index (χ4v) is 7.38. The second-order valence-corrected chi connectivity index (χ2v) is 13.0. The molecular formula is C46H40N2. The molecule has 0 aliphatic heterocycles. The first-order valence-electron chi connectivity index (χ1n) is 17.1. The lowest BCUT2D eigenvalue weighted by molar-refractivity contribution is 1.13. The SMILES string of the molecule is CCc1cccc(N(c2cccc(C)c2)c2ccc3ccc4c(N(c5cccc(C)c5)c5cccc(CC)c5)ccc5ccc2c3c54)c1. The smallest absolute Gasteiger partial charge is 0.0540 e. The summed E-state index contributed by atoms with van der Waals surface area (Å²) in [7, 11) is 0. The fraction of sp³-hybridized carbons (Fsp3) is 0.130. The molecule has 0 fully saturated rings. The van der Waals surface area contributed by atoms with Crippen molar-refractivity contribution in [3.05, 3.63) is 168 Å². The van der Waals surface area contributed by atoms with Crippen LogP contribution < -0.4 is 9.80 Å². The highest BCUT2D eigenvalue weighted by molar-refractivity contribution is 6.28. The van der Waals surface area contributed by atoms with Crippen molar-refractivity contribution < 1.29 is 0 Å². The van der Waals surface area contributed by atoms with Crippen LogP contribution in [0.3, 0.4) is 0 Å². The predicted octanol–water partition coefficient (Wildman–Crippen LogP) is 13.3. The van der Waals surface area contributed by atoms with Crippen LogP contribution in [0.25, 0.3) is 32.3 Å². The third-order valence-corrected chi connectivity index (χ3v) is 9.77. The van der Waals surface area contributed by atoms with E-state index in [1.54, 1.807) is 0 Å². The third-order valence-electron chi connectivity index (χ3n) is 9.77. The topological polar surface area (TPSA) is 6.48 Å². The first-order chi connectivity index (χ1) is 23.5. The maximum atomic E-state index is 2.44. The molecular weight excluding hydrogens is 581 g/mol. The van der Waals surface area contributed by atoms with Crippen LogP contribution in [0.5, 0.6) is 0 Å². The molecule has 8 aromatic rings. The lowest BCUT2D eigenvalue weighted by atomic mass is 9.91. The van der Waals surface area contributed by atoms with E-state index in [1.165, 1.54) is 88.7 Å². The van der Waals surface area contributed by atoms with Gasteiger partial charge in [0.1, 0.15) is 0 Å². The van der Waals surface area contributed by atoms with Gasteiger partial charge in [-0.25, -0.2) is 0 Å². The molecule has 0 bridgehead atoms. The molecule has 0 amide bonds. The number of benzene rings is 8. The summed E-state index contributed by atoms with van der Waals surface area (Å²) in [6.45, 7) is 8.79. The Morgan fingerprint density at radius 1 is 0.396 bits per heavy atom. The molecule has 0 N–H and O–H groups in total. The molecule has 0 heterocycles. The molecule has 0 saturated carbocycles. The number of hydrogen-bond donors (Lipinski definition) is 0. The first-order valence-corrected chi connectivity index (χ1v) is 17.1. The average Bonchev–Trinajstić information content (AvgIpc) is 3.12. The Morgan fingerprint density at radius 3 is 1.17 bits per heavy atom. The number of nitrogens with zero attached hydrogens (tertiary/aromatic N) is 2. The van der Waals surface area contributed by atoms with Gasteiger partial charge in [-0.05, 0) is 131 Å². The van der Waals surface area contributed by atoms with Crippen LogP contribution in [0.15, 0.2) is 146 Å². The van der Waals surface area contributed by atoms with Crippen molar-refractivity contribution in [1.82, 2.24) is 0 Å². The first kappa shape index (κ1) is 29.8. The van der Waals surface area contributed by atoms with E-state index in [1.807, 2.05) is 0 Å². The van der Waals surface area contributed by atoms with Gasteiger partial charge in [0.25, 0.3) is 0 Å². The largest absolute Gasteiger partial charge is 0.310 e. The van der Waals surface area contributed by atoms with Gasteiger partial charge in [-0.1, -0.05) is 98.8 Å².